The molecule has 0 saturated heterocycles. The van der Waals surface area contributed by atoms with E-state index in [1.54, 1.807) is 11.6 Å². The lowest BCUT2D eigenvalue weighted by atomic mass is 9.92. The van der Waals surface area contributed by atoms with Crippen LogP contribution in [0.2, 0.25) is 0 Å². The number of benzene rings is 1. The number of ether oxygens (including phenoxy) is 1. The van der Waals surface area contributed by atoms with Crippen LogP contribution in [0.25, 0.3) is 0 Å². The molecule has 1 aliphatic rings. The van der Waals surface area contributed by atoms with E-state index in [0.717, 1.165) is 6.07 Å². The number of amidine groups is 1. The maximum atomic E-state index is 14.4. The van der Waals surface area contributed by atoms with Gasteiger partial charge in [0.1, 0.15) is 11.9 Å². The fourth-order valence-corrected chi connectivity index (χ4v) is 3.67. The summed E-state index contributed by atoms with van der Waals surface area (Å²) >= 11 is 4.53. The van der Waals surface area contributed by atoms with Crippen molar-refractivity contribution < 1.29 is 20.8 Å². The van der Waals surface area contributed by atoms with Crippen LogP contribution >= 0.6 is 27.3 Å². The highest BCUT2D eigenvalue weighted by Crippen LogP contribution is 2.35. The molecule has 1 N–H and O–H groups in total. The van der Waals surface area contributed by atoms with Gasteiger partial charge in [0.15, 0.2) is 10.8 Å². The quantitative estimate of drug-likeness (QED) is 0.427. The molecule has 0 aliphatic carbocycles. The van der Waals surface area contributed by atoms with Crippen molar-refractivity contribution in [2.75, 3.05) is 11.9 Å². The molecule has 138 valence electrons. The minimum Gasteiger partial charge on any atom is -0.463 e. The second-order valence-electron chi connectivity index (χ2n) is 5.21. The monoisotopic (exact) mass is 452 g/mol. The zero-order chi connectivity index (χ0) is 23.7. The Labute approximate surface area is 175 Å². The Hall–Kier alpha value is -2.50. The van der Waals surface area contributed by atoms with Crippen LogP contribution in [0, 0.1) is 18.2 Å². The Kier molecular flexibility index (Phi) is 4.27. The lowest BCUT2D eigenvalue weighted by Gasteiger charge is -2.27. The third-order valence-corrected chi connectivity index (χ3v) is 5.08. The van der Waals surface area contributed by atoms with Crippen LogP contribution in [0.4, 0.5) is 4.39 Å². The molecule has 1 aromatic heterocycles. The number of nitrogens with zero attached hydrogens (tertiary/aromatic N) is 2. The van der Waals surface area contributed by atoms with Crippen molar-refractivity contribution in [3.63, 3.8) is 0 Å². The van der Waals surface area contributed by atoms with Gasteiger partial charge in [-0.05, 0) is 18.5 Å². The fraction of sp³-hybridized carbons (Fsp3) is 0.211. The summed E-state index contributed by atoms with van der Waals surface area (Å²) in [6, 6.07) is 2.83. The van der Waals surface area contributed by atoms with Crippen LogP contribution in [0.1, 0.15) is 35.9 Å². The molecule has 2 aromatic rings. The number of thiazole rings is 1. The number of esters is 1. The topological polar surface area (TPSA) is 63.6 Å². The van der Waals surface area contributed by atoms with Crippen LogP contribution in [0.15, 0.2) is 46.0 Å². The van der Waals surface area contributed by atoms with Crippen LogP contribution < -0.4 is 5.32 Å². The van der Waals surface area contributed by atoms with E-state index in [1.165, 1.54) is 23.5 Å². The van der Waals surface area contributed by atoms with Crippen LogP contribution in [-0.4, -0.2) is 28.7 Å². The first-order valence-electron chi connectivity index (χ1n) is 10.0. The maximum Gasteiger partial charge on any atom is 0.338 e. The van der Waals surface area contributed by atoms with E-state index in [9.17, 15) is 9.18 Å². The Balaban J connectivity index is 2.18. The summed E-state index contributed by atoms with van der Waals surface area (Å²) in [6.45, 7) is -6.50. The van der Waals surface area contributed by atoms with E-state index in [-0.39, 0.29) is 33.6 Å². The minimum absolute atomic E-state index is 0.0653. The van der Waals surface area contributed by atoms with Crippen molar-refractivity contribution in [2.45, 2.75) is 12.9 Å². The molecular formula is C19H15BrFN3O2S. The minimum atomic E-state index is -3.27. The number of carbonyl (C=O) groups excluding carboxylic acids is 1. The number of terminal acetylenes is 1. The van der Waals surface area contributed by atoms with Gasteiger partial charge in [0.05, 0.1) is 20.4 Å². The summed E-state index contributed by atoms with van der Waals surface area (Å²) in [5, 5.41) is 5.20. The number of allylic oxidation sites excluding steroid dienone is 1. The molecule has 1 aromatic carbocycles. The Morgan fingerprint density at radius 2 is 2.48 bits per heavy atom. The van der Waals surface area contributed by atoms with Gasteiger partial charge in [-0.15, -0.1) is 17.8 Å². The fourth-order valence-electron chi connectivity index (χ4n) is 2.64. The van der Waals surface area contributed by atoms with Crippen molar-refractivity contribution in [2.24, 2.45) is 4.99 Å². The number of aliphatic imine (C=N–C) groups is 1. The van der Waals surface area contributed by atoms with Gasteiger partial charge < -0.3 is 10.1 Å². The molecule has 0 fully saturated rings. The van der Waals surface area contributed by atoms with E-state index in [1.807, 2.05) is 0 Å². The first kappa shape index (κ1) is 13.6. The first-order chi connectivity index (χ1) is 15.0. The van der Waals surface area contributed by atoms with Gasteiger partial charge in [-0.3, -0.25) is 4.99 Å². The van der Waals surface area contributed by atoms with Gasteiger partial charge >= 0.3 is 5.97 Å². The van der Waals surface area contributed by atoms with E-state index in [4.69, 9.17) is 18.0 Å². The van der Waals surface area contributed by atoms with Gasteiger partial charge in [-0.1, -0.05) is 34.0 Å². The van der Waals surface area contributed by atoms with Crippen molar-refractivity contribution >= 4 is 39.1 Å². The summed E-state index contributed by atoms with van der Waals surface area (Å²) in [7, 11) is 0. The largest absolute Gasteiger partial charge is 0.463 e. The average molecular weight is 453 g/mol. The van der Waals surface area contributed by atoms with Gasteiger partial charge in [-0.2, -0.15) is 0 Å². The summed E-state index contributed by atoms with van der Waals surface area (Å²) in [5.41, 5.74) is 0.0220. The SMILES string of the molecule is [2H]C([2H])([2H])C([2H])([2H])OC(=O)C1=C(CBr)NC(c2nccs2)=N[C@H]1c1cccc(F)c1C#C. The molecule has 0 bridgehead atoms. The molecule has 2 heterocycles. The number of carbonyl (C=O) groups is 1. The summed E-state index contributed by atoms with van der Waals surface area (Å²) in [5.74, 6) is 0.548. The predicted octanol–water partition coefficient (Wildman–Crippen LogP) is 3.57. The zero-order valence-corrected chi connectivity index (χ0v) is 16.0. The lowest BCUT2D eigenvalue weighted by molar-refractivity contribution is -0.138. The molecule has 0 amide bonds. The number of halogens is 2. The van der Waals surface area contributed by atoms with E-state index >= 15 is 0 Å². The summed E-state index contributed by atoms with van der Waals surface area (Å²) in [4.78, 5) is 21.7. The zero-order valence-electron chi connectivity index (χ0n) is 18.6. The second kappa shape index (κ2) is 8.46. The average Bonchev–Trinajstić information content (AvgIpc) is 3.26. The molecule has 1 aliphatic heterocycles. The van der Waals surface area contributed by atoms with Gasteiger partial charge in [0.25, 0.3) is 0 Å². The summed E-state index contributed by atoms with van der Waals surface area (Å²) < 4.78 is 56.4. The molecule has 8 heteroatoms. The highest BCUT2D eigenvalue weighted by atomic mass is 79.9. The van der Waals surface area contributed by atoms with Crippen molar-refractivity contribution in [3.8, 4) is 12.3 Å². The van der Waals surface area contributed by atoms with Crippen LogP contribution in [0.3, 0.4) is 0 Å². The number of alkyl halides is 1. The molecule has 3 rings (SSSR count). The second-order valence-corrected chi connectivity index (χ2v) is 6.66. The molecule has 0 radical (unpaired) electrons. The third-order valence-electron chi connectivity index (χ3n) is 3.74. The molecule has 0 saturated carbocycles. The van der Waals surface area contributed by atoms with Crippen LogP contribution in [0.5, 0.6) is 0 Å². The molecule has 0 unspecified atom stereocenters. The first-order valence-corrected chi connectivity index (χ1v) is 9.52. The third kappa shape index (κ3) is 3.80. The predicted molar refractivity (Wildman–Crippen MR) is 106 cm³/mol. The van der Waals surface area contributed by atoms with E-state index in [2.05, 4.69) is 37.1 Å². The Morgan fingerprint density at radius 3 is 3.15 bits per heavy atom. The van der Waals surface area contributed by atoms with E-state index in [0.29, 0.717) is 5.01 Å². The molecule has 27 heavy (non-hydrogen) atoms. The van der Waals surface area contributed by atoms with Crippen molar-refractivity contribution in [1.82, 2.24) is 10.3 Å². The maximum absolute atomic E-state index is 14.4. The standard InChI is InChI=1S/C19H15BrFN3O2S/c1-3-11-12(6-5-7-13(11)21)16-15(19(25)26-4-2)14(10-20)23-17(24-16)18-22-8-9-27-18/h1,5-9,16H,4,10H2,2H3,(H,23,24)/t16-/m0/s1/i2D3,4D2. The van der Waals surface area contributed by atoms with Crippen molar-refractivity contribution in [3.05, 3.63) is 63.0 Å². The number of hydrogen-bond acceptors (Lipinski definition) is 6. The summed E-state index contributed by atoms with van der Waals surface area (Å²) in [6.07, 6.45) is 7.05. The number of nitrogens with one attached hydrogen (secondary N) is 1. The smallest absolute Gasteiger partial charge is 0.338 e. The number of aromatic nitrogens is 1. The highest BCUT2D eigenvalue weighted by Gasteiger charge is 2.34. The number of rotatable bonds is 5. The van der Waals surface area contributed by atoms with Crippen molar-refractivity contribution in [1.29, 1.82) is 0 Å². The molecule has 1 atom stereocenters. The van der Waals surface area contributed by atoms with Gasteiger partial charge in [0.2, 0.25) is 0 Å². The lowest BCUT2D eigenvalue weighted by Crippen LogP contribution is -2.34. The van der Waals surface area contributed by atoms with Gasteiger partial charge in [0, 0.05) is 26.7 Å². The Morgan fingerprint density at radius 1 is 1.63 bits per heavy atom. The number of hydrogen-bond donors (Lipinski definition) is 1. The Bertz CT molecular complexity index is 1140. The molecule has 5 nitrogen and oxygen atoms in total. The van der Waals surface area contributed by atoms with Gasteiger partial charge in [-0.25, -0.2) is 14.2 Å². The van der Waals surface area contributed by atoms with Crippen LogP contribution in [-0.2, 0) is 9.53 Å². The molecular weight excluding hydrogens is 433 g/mol. The highest BCUT2D eigenvalue weighted by molar-refractivity contribution is 9.09. The molecule has 0 spiro atoms. The van der Waals surface area contributed by atoms with E-state index < -0.39 is 31.2 Å². The normalized spacial score (nSPS) is 20.1.